The summed E-state index contributed by atoms with van der Waals surface area (Å²) in [6.07, 6.45) is 4.67. The Morgan fingerprint density at radius 3 is 2.24 bits per heavy atom. The van der Waals surface area contributed by atoms with E-state index in [1.165, 1.54) is 0 Å². The Labute approximate surface area is 129 Å². The first-order valence-corrected chi connectivity index (χ1v) is 8.16. The second-order valence-corrected chi connectivity index (χ2v) is 8.89. The number of carbonyl (C=O) groups is 1. The maximum Gasteiger partial charge on any atom is 0.221 e. The Morgan fingerprint density at radius 1 is 1.24 bits per heavy atom. The summed E-state index contributed by atoms with van der Waals surface area (Å²) < 4.78 is 0. The van der Waals surface area contributed by atoms with Gasteiger partial charge in [-0.3, -0.25) is 4.79 Å². The Balaban J connectivity index is 2.33. The van der Waals surface area contributed by atoms with Gasteiger partial charge in [-0.15, -0.1) is 0 Å². The highest BCUT2D eigenvalue weighted by Gasteiger charge is 2.36. The smallest absolute Gasteiger partial charge is 0.221 e. The molecule has 4 N–H and O–H groups in total. The van der Waals surface area contributed by atoms with Crippen LogP contribution in [0.3, 0.4) is 0 Å². The van der Waals surface area contributed by atoms with Crippen LogP contribution in [-0.2, 0) is 4.79 Å². The van der Waals surface area contributed by atoms with Crippen molar-refractivity contribution >= 4 is 5.91 Å². The topological polar surface area (TPSA) is 75.4 Å². The van der Waals surface area contributed by atoms with Gasteiger partial charge in [0.2, 0.25) is 5.91 Å². The molecule has 1 aliphatic carbocycles. The molecule has 0 aromatic carbocycles. The molecule has 0 spiro atoms. The molecule has 1 aliphatic rings. The maximum atomic E-state index is 11.9. The minimum absolute atomic E-state index is 0.0509. The molecule has 0 saturated heterocycles. The van der Waals surface area contributed by atoms with Gasteiger partial charge in [0.1, 0.15) is 0 Å². The van der Waals surface area contributed by atoms with Gasteiger partial charge in [0, 0.05) is 19.0 Å². The highest BCUT2D eigenvalue weighted by atomic mass is 16.3. The molecule has 0 radical (unpaired) electrons. The molecule has 4 heteroatoms. The molecule has 1 amide bonds. The predicted molar refractivity (Wildman–Crippen MR) is 86.9 cm³/mol. The van der Waals surface area contributed by atoms with Gasteiger partial charge in [-0.1, -0.05) is 34.6 Å². The van der Waals surface area contributed by atoms with E-state index in [0.29, 0.717) is 18.4 Å². The molecule has 0 aromatic rings. The number of nitrogens with two attached hydrogens (primary N) is 1. The zero-order valence-electron chi connectivity index (χ0n) is 14.5. The van der Waals surface area contributed by atoms with Crippen molar-refractivity contribution in [1.82, 2.24) is 5.32 Å². The molecule has 1 fully saturated rings. The van der Waals surface area contributed by atoms with Crippen LogP contribution in [0.25, 0.3) is 0 Å². The SMILES string of the molecule is CC(C)(C)CC(N)CC(=O)NCC1(O)CCC(C)(C)CC1. The van der Waals surface area contributed by atoms with Gasteiger partial charge in [0.05, 0.1) is 5.60 Å². The summed E-state index contributed by atoms with van der Waals surface area (Å²) in [4.78, 5) is 11.9. The first-order chi connectivity index (χ1) is 9.41. The number of hydrogen-bond donors (Lipinski definition) is 3. The molecular weight excluding hydrogens is 264 g/mol. The van der Waals surface area contributed by atoms with Gasteiger partial charge in [-0.25, -0.2) is 0 Å². The number of rotatable bonds is 5. The summed E-state index contributed by atoms with van der Waals surface area (Å²) in [6, 6.07) is -0.120. The van der Waals surface area contributed by atoms with Crippen LogP contribution >= 0.6 is 0 Å². The largest absolute Gasteiger partial charge is 0.388 e. The van der Waals surface area contributed by atoms with Crippen LogP contribution in [0.15, 0.2) is 0 Å². The average molecular weight is 298 g/mol. The zero-order chi connectivity index (χ0) is 16.3. The summed E-state index contributed by atoms with van der Waals surface area (Å²) in [5.74, 6) is -0.0509. The van der Waals surface area contributed by atoms with Gasteiger partial charge >= 0.3 is 0 Å². The lowest BCUT2D eigenvalue weighted by molar-refractivity contribution is -0.123. The molecule has 1 atom stereocenters. The third kappa shape index (κ3) is 7.28. The van der Waals surface area contributed by atoms with Crippen molar-refractivity contribution in [3.63, 3.8) is 0 Å². The Hall–Kier alpha value is -0.610. The first kappa shape index (κ1) is 18.4. The number of amides is 1. The van der Waals surface area contributed by atoms with Crippen molar-refractivity contribution in [2.24, 2.45) is 16.6 Å². The molecule has 0 aliphatic heterocycles. The van der Waals surface area contributed by atoms with Crippen molar-refractivity contribution < 1.29 is 9.90 Å². The number of aliphatic hydroxyl groups is 1. The molecule has 0 bridgehead atoms. The molecule has 21 heavy (non-hydrogen) atoms. The van der Waals surface area contributed by atoms with Crippen molar-refractivity contribution in [2.45, 2.75) is 84.8 Å². The van der Waals surface area contributed by atoms with E-state index in [2.05, 4.69) is 39.9 Å². The van der Waals surface area contributed by atoms with Gasteiger partial charge in [-0.05, 0) is 42.9 Å². The number of nitrogens with one attached hydrogen (secondary N) is 1. The third-order valence-corrected chi connectivity index (χ3v) is 4.47. The second-order valence-electron chi connectivity index (χ2n) is 8.89. The van der Waals surface area contributed by atoms with Crippen LogP contribution in [0.2, 0.25) is 0 Å². The number of carbonyl (C=O) groups excluding carboxylic acids is 1. The fourth-order valence-corrected chi connectivity index (χ4v) is 3.00. The Bertz CT molecular complexity index is 348. The highest BCUT2D eigenvalue weighted by molar-refractivity contribution is 5.76. The van der Waals surface area contributed by atoms with E-state index in [9.17, 15) is 9.90 Å². The van der Waals surface area contributed by atoms with Gasteiger partial charge in [0.25, 0.3) is 0 Å². The first-order valence-electron chi connectivity index (χ1n) is 8.16. The van der Waals surface area contributed by atoms with Crippen LogP contribution in [0.1, 0.15) is 73.1 Å². The van der Waals surface area contributed by atoms with E-state index < -0.39 is 5.60 Å². The Kier molecular flexibility index (Phi) is 5.84. The molecule has 1 rings (SSSR count). The summed E-state index contributed by atoms with van der Waals surface area (Å²) in [5, 5.41) is 13.4. The molecule has 1 saturated carbocycles. The fraction of sp³-hybridized carbons (Fsp3) is 0.941. The van der Waals surface area contributed by atoms with E-state index >= 15 is 0 Å². The molecule has 4 nitrogen and oxygen atoms in total. The summed E-state index contributed by atoms with van der Waals surface area (Å²) in [7, 11) is 0. The van der Waals surface area contributed by atoms with E-state index in [0.717, 1.165) is 32.1 Å². The zero-order valence-corrected chi connectivity index (χ0v) is 14.5. The second kappa shape index (κ2) is 6.66. The van der Waals surface area contributed by atoms with Crippen molar-refractivity contribution in [3.05, 3.63) is 0 Å². The quantitative estimate of drug-likeness (QED) is 0.730. The van der Waals surface area contributed by atoms with Gasteiger partial charge in [0.15, 0.2) is 0 Å². The minimum atomic E-state index is -0.737. The van der Waals surface area contributed by atoms with Gasteiger partial charge in [-0.2, -0.15) is 0 Å². The lowest BCUT2D eigenvalue weighted by atomic mass is 9.71. The normalized spacial score (nSPS) is 22.6. The maximum absolute atomic E-state index is 11.9. The van der Waals surface area contributed by atoms with Crippen LogP contribution in [-0.4, -0.2) is 29.2 Å². The van der Waals surface area contributed by atoms with E-state index in [1.54, 1.807) is 0 Å². The van der Waals surface area contributed by atoms with Crippen molar-refractivity contribution in [3.8, 4) is 0 Å². The number of hydrogen-bond acceptors (Lipinski definition) is 3. The monoisotopic (exact) mass is 298 g/mol. The summed E-state index contributed by atoms with van der Waals surface area (Å²) in [6.45, 7) is 11.2. The average Bonchev–Trinajstić information content (AvgIpc) is 2.29. The van der Waals surface area contributed by atoms with Crippen molar-refractivity contribution in [2.75, 3.05) is 6.54 Å². The van der Waals surface area contributed by atoms with E-state index in [-0.39, 0.29) is 17.4 Å². The van der Waals surface area contributed by atoms with Crippen molar-refractivity contribution in [1.29, 1.82) is 0 Å². The van der Waals surface area contributed by atoms with Crippen LogP contribution in [0.4, 0.5) is 0 Å². The molecule has 1 unspecified atom stereocenters. The summed E-state index contributed by atoms with van der Waals surface area (Å²) >= 11 is 0. The van der Waals surface area contributed by atoms with Crippen LogP contribution in [0.5, 0.6) is 0 Å². The molecule has 0 heterocycles. The summed E-state index contributed by atoms with van der Waals surface area (Å²) in [5.41, 5.74) is 5.72. The molecular formula is C17H34N2O2. The van der Waals surface area contributed by atoms with E-state index in [1.807, 2.05) is 0 Å². The predicted octanol–water partition coefficient (Wildman–Crippen LogP) is 2.59. The van der Waals surface area contributed by atoms with Gasteiger partial charge < -0.3 is 16.2 Å². The molecule has 0 aromatic heterocycles. The molecule has 124 valence electrons. The Morgan fingerprint density at radius 2 is 1.76 bits per heavy atom. The lowest BCUT2D eigenvalue weighted by Gasteiger charge is -2.40. The standard InChI is InChI=1S/C17H34N2O2/c1-15(2,3)11-13(18)10-14(20)19-12-17(21)8-6-16(4,5)7-9-17/h13,21H,6-12,18H2,1-5H3,(H,19,20). The minimum Gasteiger partial charge on any atom is -0.388 e. The van der Waals surface area contributed by atoms with E-state index in [4.69, 9.17) is 5.73 Å². The third-order valence-electron chi connectivity index (χ3n) is 4.47. The fourth-order valence-electron chi connectivity index (χ4n) is 3.00. The highest BCUT2D eigenvalue weighted by Crippen LogP contribution is 2.39. The van der Waals surface area contributed by atoms with Crippen LogP contribution in [0, 0.1) is 10.8 Å². The lowest BCUT2D eigenvalue weighted by Crippen LogP contribution is -2.47. The van der Waals surface area contributed by atoms with Crippen LogP contribution < -0.4 is 11.1 Å².